The van der Waals surface area contributed by atoms with E-state index in [1.165, 1.54) is 13.8 Å². The van der Waals surface area contributed by atoms with E-state index in [0.717, 1.165) is 5.57 Å². The van der Waals surface area contributed by atoms with Gasteiger partial charge in [-0.05, 0) is 83.9 Å². The molecule has 2 aliphatic heterocycles. The van der Waals surface area contributed by atoms with Crippen LogP contribution in [-0.2, 0) is 47.0 Å². The van der Waals surface area contributed by atoms with Gasteiger partial charge in [-0.3, -0.25) is 9.59 Å². The molecule has 2 saturated carbocycles. The van der Waals surface area contributed by atoms with Crippen molar-refractivity contribution in [2.75, 3.05) is 6.61 Å². The number of fused-ring (bicyclic) bond motifs is 1. The van der Waals surface area contributed by atoms with Crippen LogP contribution in [0.15, 0.2) is 11.6 Å². The van der Waals surface area contributed by atoms with Crippen molar-refractivity contribution < 1.29 is 52.1 Å². The number of hydrogen-bond donors (Lipinski definition) is 1. The molecule has 1 unspecified atom stereocenters. The number of ether oxygens (including phenoxy) is 4. The molecule has 0 radical (unpaired) electrons. The molecule has 5 aliphatic rings. The highest BCUT2D eigenvalue weighted by atomic mass is 28.4. The highest BCUT2D eigenvalue weighted by Crippen LogP contribution is 2.75. The van der Waals surface area contributed by atoms with Gasteiger partial charge in [0.1, 0.15) is 18.3 Å². The summed E-state index contributed by atoms with van der Waals surface area (Å²) in [7, 11) is -4.76. The number of allylic oxidation sites excluding steroid dienone is 1. The van der Waals surface area contributed by atoms with Gasteiger partial charge < -0.3 is 32.9 Å². The maximum atomic E-state index is 14.0. The van der Waals surface area contributed by atoms with Crippen LogP contribution in [0.4, 0.5) is 0 Å². The van der Waals surface area contributed by atoms with Gasteiger partial charge in [0.05, 0.1) is 6.61 Å². The van der Waals surface area contributed by atoms with Crippen LogP contribution in [0.2, 0.25) is 39.3 Å². The van der Waals surface area contributed by atoms with E-state index in [-0.39, 0.29) is 24.7 Å². The molecule has 2 heterocycles. The molecular weight excluding hydrogens is 629 g/mol. The van der Waals surface area contributed by atoms with Crippen LogP contribution < -0.4 is 0 Å². The summed E-state index contributed by atoms with van der Waals surface area (Å²) in [5.41, 5.74) is -2.71. The van der Waals surface area contributed by atoms with Gasteiger partial charge in [-0.1, -0.05) is 26.3 Å². The second-order valence-electron chi connectivity index (χ2n) is 16.6. The van der Waals surface area contributed by atoms with Gasteiger partial charge >= 0.3 is 17.9 Å². The topological polar surface area (TPSA) is 144 Å². The Morgan fingerprint density at radius 2 is 1.76 bits per heavy atom. The van der Waals surface area contributed by atoms with E-state index in [1.54, 1.807) is 13.0 Å². The smallest absolute Gasteiger partial charge is 0.351 e. The lowest BCUT2D eigenvalue weighted by Crippen LogP contribution is -2.79. The van der Waals surface area contributed by atoms with Crippen molar-refractivity contribution in [1.29, 1.82) is 0 Å². The first-order valence-corrected chi connectivity index (χ1v) is 23.3. The zero-order valence-corrected chi connectivity index (χ0v) is 31.3. The Balaban J connectivity index is 1.74. The summed E-state index contributed by atoms with van der Waals surface area (Å²) in [6.45, 7) is 22.4. The van der Waals surface area contributed by atoms with Crippen molar-refractivity contribution in [2.24, 2.45) is 34.5 Å². The molecule has 5 rings (SSSR count). The van der Waals surface area contributed by atoms with Crippen LogP contribution in [0.1, 0.15) is 54.4 Å². The minimum atomic E-state index is -2.45. The normalized spacial score (nSPS) is 43.0. The molecule has 11 nitrogen and oxygen atoms in total. The van der Waals surface area contributed by atoms with Gasteiger partial charge in [0.15, 0.2) is 28.2 Å². The zero-order valence-electron chi connectivity index (χ0n) is 29.3. The van der Waals surface area contributed by atoms with Crippen LogP contribution in [0.25, 0.3) is 0 Å². The van der Waals surface area contributed by atoms with Gasteiger partial charge in [-0.2, -0.15) is 0 Å². The largest absolute Gasteiger partial charge is 0.459 e. The third-order valence-electron chi connectivity index (χ3n) is 11.2. The van der Waals surface area contributed by atoms with Crippen molar-refractivity contribution in [2.45, 2.75) is 129 Å². The molecule has 1 N–H and O–H groups in total. The third kappa shape index (κ3) is 5.10. The minimum absolute atomic E-state index is 0.0636. The van der Waals surface area contributed by atoms with E-state index >= 15 is 0 Å². The number of ketones is 1. The minimum Gasteiger partial charge on any atom is -0.459 e. The number of rotatable bonds is 8. The Kier molecular flexibility index (Phi) is 8.51. The second kappa shape index (κ2) is 11.1. The number of carbonyl (C=O) groups excluding carboxylic acids is 4. The third-order valence-corrected chi connectivity index (χ3v) is 13.1. The summed E-state index contributed by atoms with van der Waals surface area (Å²) in [6, 6.07) is 0. The summed E-state index contributed by atoms with van der Waals surface area (Å²) in [5.74, 6) is -6.24. The average molecular weight is 681 g/mol. The lowest BCUT2D eigenvalue weighted by molar-refractivity contribution is -0.332. The van der Waals surface area contributed by atoms with E-state index in [0.29, 0.717) is 6.42 Å². The van der Waals surface area contributed by atoms with Crippen molar-refractivity contribution in [3.63, 3.8) is 0 Å². The summed E-state index contributed by atoms with van der Waals surface area (Å²) in [5, 5.41) is 12.4. The van der Waals surface area contributed by atoms with E-state index in [1.807, 2.05) is 60.1 Å². The first-order chi connectivity index (χ1) is 21.0. The molecule has 258 valence electrons. The van der Waals surface area contributed by atoms with Crippen LogP contribution in [0.3, 0.4) is 0 Å². The Morgan fingerprint density at radius 3 is 2.30 bits per heavy atom. The Labute approximate surface area is 274 Å². The maximum Gasteiger partial charge on any atom is 0.351 e. The molecule has 3 aliphatic carbocycles. The molecule has 0 aromatic rings. The fraction of sp³-hybridized carbons (Fsp3) is 0.818. The fourth-order valence-corrected chi connectivity index (χ4v) is 12.0. The summed E-state index contributed by atoms with van der Waals surface area (Å²) in [4.78, 5) is 53.6. The van der Waals surface area contributed by atoms with E-state index in [9.17, 15) is 24.3 Å². The van der Waals surface area contributed by atoms with Gasteiger partial charge in [0.25, 0.3) is 0 Å². The highest BCUT2D eigenvalue weighted by Gasteiger charge is 2.84. The van der Waals surface area contributed by atoms with E-state index < -0.39 is 98.9 Å². The molecule has 0 aromatic carbocycles. The van der Waals surface area contributed by atoms with E-state index in [2.05, 4.69) is 0 Å². The monoisotopic (exact) mass is 680 g/mol. The molecule has 0 aromatic heterocycles. The van der Waals surface area contributed by atoms with Gasteiger partial charge in [-0.15, -0.1) is 0 Å². The predicted molar refractivity (Wildman–Crippen MR) is 171 cm³/mol. The number of hydrogen-bond acceptors (Lipinski definition) is 11. The second-order valence-corrected chi connectivity index (χ2v) is 25.5. The molecule has 0 amide bonds. The number of esters is 3. The first kappa shape index (κ1) is 35.4. The molecule has 13 heteroatoms. The predicted octanol–water partition coefficient (Wildman–Crippen LogP) is 4.14. The SMILES string of the molecule is CC[C@@](C)(OC(C)=O)C(=O)O[C@H]1C(=O)O[C@@H]2C[C@H]3C(C)=CC(=O)[C@@H](O[Si](C)(C)C)[C@]3(C)C3[C@@]4(O[Si](C)(C)C)OC[C@]32[C@@H]1[C@@H](C)[C@H]4O. The van der Waals surface area contributed by atoms with Crippen molar-refractivity contribution in [3.8, 4) is 0 Å². The summed E-state index contributed by atoms with van der Waals surface area (Å²) in [6.07, 6.45) is -2.00. The summed E-state index contributed by atoms with van der Waals surface area (Å²) >= 11 is 0. The highest BCUT2D eigenvalue weighted by molar-refractivity contribution is 6.70. The molecule has 46 heavy (non-hydrogen) atoms. The number of carbonyl (C=O) groups is 4. The zero-order chi connectivity index (χ0) is 34.6. The van der Waals surface area contributed by atoms with Gasteiger partial charge in [0, 0.05) is 29.6 Å². The molecule has 4 fully saturated rings. The Hall–Kier alpha value is -1.91. The fourth-order valence-electron chi connectivity index (χ4n) is 9.66. The van der Waals surface area contributed by atoms with Crippen LogP contribution >= 0.6 is 0 Å². The summed E-state index contributed by atoms with van der Waals surface area (Å²) < 4.78 is 38.2. The average Bonchev–Trinajstić information content (AvgIpc) is 3.21. The van der Waals surface area contributed by atoms with Crippen LogP contribution in [0, 0.1) is 34.5 Å². The standard InChI is InChI=1S/C33H52O11Si2/c1-13-30(5,42-19(4)34)29(38)41-24-23-18(3)25(36)33(44-46(10,11)12)28-31(6)20(15-22(40-27(24)37)32(23,28)16-39-33)17(2)14-21(35)26(31)43-45(7,8)9/h14,18,20,22-26,28,36H,13,15-16H2,1-12H3/t18-,20+,22-,23-,24-,25-,26-,28?,30-,31-,32+,33-/m1/s1. The lowest BCUT2D eigenvalue weighted by Gasteiger charge is -2.69. The van der Waals surface area contributed by atoms with Crippen LogP contribution in [-0.4, -0.2) is 87.8 Å². The van der Waals surface area contributed by atoms with E-state index in [4.69, 9.17) is 27.8 Å². The lowest BCUT2D eigenvalue weighted by atomic mass is 9.38. The maximum absolute atomic E-state index is 14.0. The van der Waals surface area contributed by atoms with Crippen molar-refractivity contribution in [3.05, 3.63) is 11.6 Å². The van der Waals surface area contributed by atoms with Gasteiger partial charge in [0.2, 0.25) is 11.7 Å². The van der Waals surface area contributed by atoms with Crippen LogP contribution in [0.5, 0.6) is 0 Å². The molecule has 2 bridgehead atoms. The van der Waals surface area contributed by atoms with Gasteiger partial charge in [-0.25, -0.2) is 9.59 Å². The molecule has 2 saturated heterocycles. The Bertz CT molecular complexity index is 1350. The quantitative estimate of drug-likeness (QED) is 0.224. The number of aliphatic hydroxyl groups excluding tert-OH is 1. The molecular formula is C33H52O11Si2. The molecule has 12 atom stereocenters. The molecule has 1 spiro atoms. The Morgan fingerprint density at radius 1 is 1.13 bits per heavy atom. The van der Waals surface area contributed by atoms with Crippen molar-refractivity contribution in [1.82, 2.24) is 0 Å². The number of aliphatic hydroxyl groups is 1. The first-order valence-electron chi connectivity index (χ1n) is 16.5. The van der Waals surface area contributed by atoms with Crippen molar-refractivity contribution >= 4 is 40.3 Å².